The number of nitriles is 1. The first-order valence-electron chi connectivity index (χ1n) is 7.16. The van der Waals surface area contributed by atoms with E-state index in [0.717, 1.165) is 10.2 Å². The maximum absolute atomic E-state index is 12.6. The van der Waals surface area contributed by atoms with Crippen molar-refractivity contribution in [1.82, 2.24) is 4.68 Å². The zero-order valence-corrected chi connectivity index (χ0v) is 13.9. The lowest BCUT2D eigenvalue weighted by atomic mass is 10.1. The highest BCUT2D eigenvalue weighted by Gasteiger charge is 2.21. The van der Waals surface area contributed by atoms with E-state index in [1.54, 1.807) is 37.3 Å². The van der Waals surface area contributed by atoms with Crippen LogP contribution in [0.15, 0.2) is 58.8 Å². The predicted octanol–water partition coefficient (Wildman–Crippen LogP) is 3.70. The minimum atomic E-state index is -3.83. The monoisotopic (exact) mass is 352 g/mol. The molecule has 1 aromatic heterocycles. The predicted molar refractivity (Wildman–Crippen MR) is 93.2 cm³/mol. The molecule has 0 atom stereocenters. The van der Waals surface area contributed by atoms with Crippen LogP contribution in [0.2, 0.25) is 0 Å². The summed E-state index contributed by atoms with van der Waals surface area (Å²) in [7, 11) is -3.83. The normalized spacial score (nSPS) is 10.9. The van der Waals surface area contributed by atoms with Crippen LogP contribution in [0.1, 0.15) is 11.1 Å². The SMILES string of the molecule is Cc1ccc(NS(=O)(=O)c2ccccc2)c2c1c(C#N)cn2N=[N+]=[N-]. The summed E-state index contributed by atoms with van der Waals surface area (Å²) < 4.78 is 28.8. The second kappa shape index (κ2) is 6.20. The van der Waals surface area contributed by atoms with Gasteiger partial charge in [0.15, 0.2) is 5.52 Å². The van der Waals surface area contributed by atoms with Crippen LogP contribution in [0.3, 0.4) is 0 Å². The molecule has 8 nitrogen and oxygen atoms in total. The minimum absolute atomic E-state index is 0.103. The maximum Gasteiger partial charge on any atom is 0.262 e. The highest BCUT2D eigenvalue weighted by Crippen LogP contribution is 2.32. The van der Waals surface area contributed by atoms with Crippen LogP contribution in [0.25, 0.3) is 21.3 Å². The van der Waals surface area contributed by atoms with Crippen LogP contribution < -0.4 is 4.72 Å². The number of sulfonamides is 1. The van der Waals surface area contributed by atoms with Crippen molar-refractivity contribution in [3.05, 3.63) is 70.2 Å². The Balaban J connectivity index is 2.24. The Morgan fingerprint density at radius 3 is 2.60 bits per heavy atom. The smallest absolute Gasteiger partial charge is 0.262 e. The molecule has 0 bridgehead atoms. The Bertz CT molecular complexity index is 1150. The summed E-state index contributed by atoms with van der Waals surface area (Å²) in [4.78, 5) is 2.83. The van der Waals surface area contributed by atoms with Crippen molar-refractivity contribution in [2.45, 2.75) is 11.8 Å². The van der Waals surface area contributed by atoms with Gasteiger partial charge in [-0.3, -0.25) is 4.72 Å². The molecule has 0 aliphatic heterocycles. The molecular formula is C16H12N6O2S. The number of anilines is 1. The molecule has 0 saturated carbocycles. The van der Waals surface area contributed by atoms with E-state index in [1.807, 2.05) is 6.07 Å². The number of nitrogens with one attached hydrogen (secondary N) is 1. The second-order valence-corrected chi connectivity index (χ2v) is 6.93. The fourth-order valence-electron chi connectivity index (χ4n) is 2.61. The average Bonchev–Trinajstić information content (AvgIpc) is 2.98. The summed E-state index contributed by atoms with van der Waals surface area (Å²) >= 11 is 0. The van der Waals surface area contributed by atoms with Gasteiger partial charge in [0.05, 0.1) is 10.6 Å². The summed E-state index contributed by atoms with van der Waals surface area (Å²) in [5.74, 6) is 0. The number of nitrogens with zero attached hydrogens (tertiary/aromatic N) is 5. The third-order valence-electron chi connectivity index (χ3n) is 3.69. The van der Waals surface area contributed by atoms with E-state index in [0.29, 0.717) is 16.5 Å². The number of fused-ring (bicyclic) bond motifs is 1. The Kier molecular flexibility index (Phi) is 4.07. The van der Waals surface area contributed by atoms with Gasteiger partial charge < -0.3 is 0 Å². The fourth-order valence-corrected chi connectivity index (χ4v) is 3.69. The van der Waals surface area contributed by atoms with Crippen LogP contribution in [0, 0.1) is 18.3 Å². The van der Waals surface area contributed by atoms with Gasteiger partial charge >= 0.3 is 0 Å². The first kappa shape index (κ1) is 16.4. The van der Waals surface area contributed by atoms with Gasteiger partial charge in [-0.1, -0.05) is 24.3 Å². The molecule has 3 rings (SSSR count). The lowest BCUT2D eigenvalue weighted by Gasteiger charge is -2.10. The molecule has 0 amide bonds. The molecule has 0 unspecified atom stereocenters. The number of hydrogen-bond acceptors (Lipinski definition) is 4. The van der Waals surface area contributed by atoms with E-state index in [9.17, 15) is 13.7 Å². The molecule has 124 valence electrons. The number of rotatable bonds is 4. The molecular weight excluding hydrogens is 340 g/mol. The van der Waals surface area contributed by atoms with Crippen molar-refractivity contribution in [2.75, 3.05) is 4.72 Å². The third kappa shape index (κ3) is 2.87. The Morgan fingerprint density at radius 2 is 1.96 bits per heavy atom. The third-order valence-corrected chi connectivity index (χ3v) is 5.07. The van der Waals surface area contributed by atoms with Crippen molar-refractivity contribution in [2.24, 2.45) is 5.22 Å². The lowest BCUT2D eigenvalue weighted by Crippen LogP contribution is -2.13. The number of benzene rings is 2. The van der Waals surface area contributed by atoms with Crippen molar-refractivity contribution in [3.63, 3.8) is 0 Å². The first-order chi connectivity index (χ1) is 12.0. The average molecular weight is 352 g/mol. The van der Waals surface area contributed by atoms with Crippen LogP contribution in [0.5, 0.6) is 0 Å². The van der Waals surface area contributed by atoms with Gasteiger partial charge in [-0.15, -0.1) is 5.53 Å². The summed E-state index contributed by atoms with van der Waals surface area (Å²) in [6, 6.07) is 13.2. The van der Waals surface area contributed by atoms with Gasteiger partial charge in [-0.25, -0.2) is 8.42 Å². The van der Waals surface area contributed by atoms with Crippen molar-refractivity contribution >= 4 is 26.6 Å². The fraction of sp³-hybridized carbons (Fsp3) is 0.0625. The molecule has 25 heavy (non-hydrogen) atoms. The molecule has 0 spiro atoms. The van der Waals surface area contributed by atoms with Crippen molar-refractivity contribution < 1.29 is 8.42 Å². The number of aromatic nitrogens is 1. The number of aryl methyl sites for hydroxylation is 1. The van der Waals surface area contributed by atoms with E-state index in [4.69, 9.17) is 5.53 Å². The van der Waals surface area contributed by atoms with E-state index >= 15 is 0 Å². The summed E-state index contributed by atoms with van der Waals surface area (Å²) in [5.41, 5.74) is 10.4. The van der Waals surface area contributed by atoms with E-state index < -0.39 is 10.0 Å². The topological polar surface area (TPSA) is 124 Å². The standard InChI is InChI=1S/C16H12N6O2S/c1-11-7-8-14(19-25(23,24)13-5-3-2-4-6-13)16-15(11)12(9-17)10-22(16)21-20-18/h2-8,10,19H,1H3. The number of hydrogen-bond donors (Lipinski definition) is 1. The molecule has 2 aromatic carbocycles. The zero-order valence-electron chi connectivity index (χ0n) is 13.1. The van der Waals surface area contributed by atoms with Gasteiger partial charge in [-0.2, -0.15) is 14.8 Å². The van der Waals surface area contributed by atoms with Crippen LogP contribution >= 0.6 is 0 Å². The van der Waals surface area contributed by atoms with Gasteiger partial charge in [0.25, 0.3) is 10.0 Å². The molecule has 0 aliphatic rings. The maximum atomic E-state index is 12.6. The quantitative estimate of drug-likeness (QED) is 0.437. The van der Waals surface area contributed by atoms with Crippen molar-refractivity contribution in [3.8, 4) is 6.07 Å². The van der Waals surface area contributed by atoms with Gasteiger partial charge in [0.1, 0.15) is 17.8 Å². The van der Waals surface area contributed by atoms with E-state index in [-0.39, 0.29) is 10.6 Å². The molecule has 3 aromatic rings. The molecule has 1 N–H and O–H groups in total. The Labute approximate surface area is 143 Å². The van der Waals surface area contributed by atoms with Gasteiger partial charge in [0, 0.05) is 5.39 Å². The number of azide groups is 1. The molecule has 0 aliphatic carbocycles. The lowest BCUT2D eigenvalue weighted by molar-refractivity contribution is 0.601. The highest BCUT2D eigenvalue weighted by molar-refractivity contribution is 7.92. The van der Waals surface area contributed by atoms with E-state index in [2.05, 4.69) is 14.9 Å². The zero-order chi connectivity index (χ0) is 18.0. The Hall–Kier alpha value is -3.47. The molecule has 0 fully saturated rings. The van der Waals surface area contributed by atoms with Crippen LogP contribution in [-0.2, 0) is 10.0 Å². The largest absolute Gasteiger partial charge is 0.275 e. The van der Waals surface area contributed by atoms with Crippen LogP contribution in [-0.4, -0.2) is 13.1 Å². The van der Waals surface area contributed by atoms with Gasteiger partial charge in [0.2, 0.25) is 0 Å². The van der Waals surface area contributed by atoms with E-state index in [1.165, 1.54) is 18.3 Å². The molecule has 0 saturated heterocycles. The second-order valence-electron chi connectivity index (χ2n) is 5.25. The van der Waals surface area contributed by atoms with Crippen LogP contribution in [0.4, 0.5) is 5.69 Å². The molecule has 1 heterocycles. The van der Waals surface area contributed by atoms with Crippen molar-refractivity contribution in [1.29, 1.82) is 5.26 Å². The summed E-state index contributed by atoms with van der Waals surface area (Å²) in [6.07, 6.45) is 1.37. The summed E-state index contributed by atoms with van der Waals surface area (Å²) in [5, 5.41) is 13.4. The minimum Gasteiger partial charge on any atom is -0.275 e. The Morgan fingerprint density at radius 1 is 1.24 bits per heavy atom. The highest BCUT2D eigenvalue weighted by atomic mass is 32.2. The molecule has 9 heteroatoms. The van der Waals surface area contributed by atoms with Gasteiger partial charge in [-0.05, 0) is 35.9 Å². The molecule has 0 radical (unpaired) electrons. The summed E-state index contributed by atoms with van der Waals surface area (Å²) in [6.45, 7) is 1.79. The first-order valence-corrected chi connectivity index (χ1v) is 8.64.